The van der Waals surface area contributed by atoms with Gasteiger partial charge in [0, 0.05) is 16.9 Å². The van der Waals surface area contributed by atoms with Crippen LogP contribution >= 0.6 is 0 Å². The smallest absolute Gasteiger partial charge is 0.255 e. The Labute approximate surface area is 152 Å². The van der Waals surface area contributed by atoms with E-state index in [1.807, 2.05) is 0 Å². The molecule has 0 spiro atoms. The predicted octanol–water partition coefficient (Wildman–Crippen LogP) is 3.50. The van der Waals surface area contributed by atoms with Crippen molar-refractivity contribution in [3.05, 3.63) is 59.9 Å². The Kier molecular flexibility index (Phi) is 5.96. The fraction of sp³-hybridized carbons (Fsp3) is 0.300. The van der Waals surface area contributed by atoms with Crippen molar-refractivity contribution in [3.8, 4) is 0 Å². The van der Waals surface area contributed by atoms with Gasteiger partial charge in [-0.05, 0) is 74.5 Å². The van der Waals surface area contributed by atoms with Crippen molar-refractivity contribution in [2.75, 3.05) is 30.3 Å². The number of anilines is 2. The molecule has 3 rings (SSSR count). The van der Waals surface area contributed by atoms with Crippen LogP contribution in [0.1, 0.15) is 29.6 Å². The summed E-state index contributed by atoms with van der Waals surface area (Å²) < 4.78 is 12.9. The van der Waals surface area contributed by atoms with Gasteiger partial charge in [-0.25, -0.2) is 4.39 Å². The van der Waals surface area contributed by atoms with E-state index >= 15 is 0 Å². The van der Waals surface area contributed by atoms with Crippen molar-refractivity contribution < 1.29 is 14.0 Å². The molecule has 2 amide bonds. The number of likely N-dealkylation sites (tertiary alicyclic amines) is 1. The Morgan fingerprint density at radius 1 is 0.846 bits per heavy atom. The maximum atomic E-state index is 12.9. The van der Waals surface area contributed by atoms with Gasteiger partial charge in [-0.3, -0.25) is 14.5 Å². The van der Waals surface area contributed by atoms with Crippen LogP contribution in [0, 0.1) is 5.82 Å². The summed E-state index contributed by atoms with van der Waals surface area (Å²) >= 11 is 0. The topological polar surface area (TPSA) is 61.4 Å². The molecule has 1 aliphatic rings. The highest BCUT2D eigenvalue weighted by molar-refractivity contribution is 6.04. The monoisotopic (exact) mass is 355 g/mol. The van der Waals surface area contributed by atoms with Crippen molar-refractivity contribution in [2.24, 2.45) is 0 Å². The molecule has 0 saturated carbocycles. The van der Waals surface area contributed by atoms with Gasteiger partial charge >= 0.3 is 0 Å². The molecule has 6 heteroatoms. The normalized spacial score (nSPS) is 14.7. The summed E-state index contributed by atoms with van der Waals surface area (Å²) in [7, 11) is 0. The number of piperidine rings is 1. The standard InChI is InChI=1S/C20H22FN3O2/c21-16-6-4-15(5-7-16)20(26)23-18-10-8-17(9-11-18)22-19(25)14-24-12-2-1-3-13-24/h4-11H,1-3,12-14H2,(H,22,25)(H,23,26). The molecule has 0 radical (unpaired) electrons. The number of benzene rings is 2. The van der Waals surface area contributed by atoms with Gasteiger partial charge < -0.3 is 10.6 Å². The van der Waals surface area contributed by atoms with E-state index in [0.29, 0.717) is 23.5 Å². The van der Waals surface area contributed by atoms with Crippen LogP contribution in [-0.4, -0.2) is 36.3 Å². The molecule has 2 N–H and O–H groups in total. The molecule has 0 aromatic heterocycles. The molecule has 2 aromatic rings. The molecule has 0 aliphatic carbocycles. The fourth-order valence-corrected chi connectivity index (χ4v) is 2.96. The maximum Gasteiger partial charge on any atom is 0.255 e. The van der Waals surface area contributed by atoms with E-state index < -0.39 is 0 Å². The highest BCUT2D eigenvalue weighted by Crippen LogP contribution is 2.15. The van der Waals surface area contributed by atoms with E-state index in [2.05, 4.69) is 15.5 Å². The van der Waals surface area contributed by atoms with Crippen LogP contribution in [0.25, 0.3) is 0 Å². The second kappa shape index (κ2) is 8.58. The van der Waals surface area contributed by atoms with Gasteiger partial charge in [-0.2, -0.15) is 0 Å². The van der Waals surface area contributed by atoms with Gasteiger partial charge in [0.1, 0.15) is 5.82 Å². The lowest BCUT2D eigenvalue weighted by Gasteiger charge is -2.25. The second-order valence-corrected chi connectivity index (χ2v) is 6.42. The molecular weight excluding hydrogens is 333 g/mol. The number of amides is 2. The van der Waals surface area contributed by atoms with Crippen molar-refractivity contribution >= 4 is 23.2 Å². The van der Waals surface area contributed by atoms with Gasteiger partial charge in [0.15, 0.2) is 0 Å². The predicted molar refractivity (Wildman–Crippen MR) is 99.7 cm³/mol. The summed E-state index contributed by atoms with van der Waals surface area (Å²) in [6.07, 6.45) is 3.54. The Morgan fingerprint density at radius 3 is 2.04 bits per heavy atom. The van der Waals surface area contributed by atoms with E-state index in [1.165, 1.54) is 30.7 Å². The summed E-state index contributed by atoms with van der Waals surface area (Å²) in [5, 5.41) is 5.61. The molecule has 136 valence electrons. The van der Waals surface area contributed by atoms with E-state index in [1.54, 1.807) is 24.3 Å². The van der Waals surface area contributed by atoms with Gasteiger partial charge in [0.2, 0.25) is 5.91 Å². The fourth-order valence-electron chi connectivity index (χ4n) is 2.96. The molecule has 5 nitrogen and oxygen atoms in total. The van der Waals surface area contributed by atoms with E-state index in [-0.39, 0.29) is 17.6 Å². The summed E-state index contributed by atoms with van der Waals surface area (Å²) in [5.41, 5.74) is 1.67. The van der Waals surface area contributed by atoms with Gasteiger partial charge in [-0.15, -0.1) is 0 Å². The number of hydrogen-bond acceptors (Lipinski definition) is 3. The number of nitrogens with one attached hydrogen (secondary N) is 2. The quantitative estimate of drug-likeness (QED) is 0.863. The first-order valence-electron chi connectivity index (χ1n) is 8.79. The molecule has 26 heavy (non-hydrogen) atoms. The lowest BCUT2D eigenvalue weighted by Crippen LogP contribution is -2.36. The van der Waals surface area contributed by atoms with Gasteiger partial charge in [0.05, 0.1) is 6.54 Å². The summed E-state index contributed by atoms with van der Waals surface area (Å²) in [6, 6.07) is 12.3. The maximum absolute atomic E-state index is 12.9. The number of rotatable bonds is 5. The molecule has 0 atom stereocenters. The van der Waals surface area contributed by atoms with Crippen molar-refractivity contribution in [3.63, 3.8) is 0 Å². The Bertz CT molecular complexity index is 754. The number of carbonyl (C=O) groups is 2. The van der Waals surface area contributed by atoms with Crippen LogP contribution < -0.4 is 10.6 Å². The van der Waals surface area contributed by atoms with Crippen molar-refractivity contribution in [1.29, 1.82) is 0 Å². The third-order valence-corrected chi connectivity index (χ3v) is 4.35. The van der Waals surface area contributed by atoms with Crippen molar-refractivity contribution in [2.45, 2.75) is 19.3 Å². The minimum Gasteiger partial charge on any atom is -0.325 e. The van der Waals surface area contributed by atoms with Crippen LogP contribution in [0.5, 0.6) is 0 Å². The SMILES string of the molecule is O=C(CN1CCCCC1)Nc1ccc(NC(=O)c2ccc(F)cc2)cc1. The Morgan fingerprint density at radius 2 is 1.42 bits per heavy atom. The molecule has 1 aliphatic heterocycles. The molecule has 1 saturated heterocycles. The molecule has 1 heterocycles. The Balaban J connectivity index is 1.52. The molecule has 0 bridgehead atoms. The minimum atomic E-state index is -0.383. The summed E-state index contributed by atoms with van der Waals surface area (Å²) in [4.78, 5) is 26.4. The lowest BCUT2D eigenvalue weighted by atomic mass is 10.1. The highest BCUT2D eigenvalue weighted by Gasteiger charge is 2.14. The van der Waals surface area contributed by atoms with Gasteiger partial charge in [0.25, 0.3) is 5.91 Å². The number of halogens is 1. The van der Waals surface area contributed by atoms with E-state index in [9.17, 15) is 14.0 Å². The van der Waals surface area contributed by atoms with E-state index in [4.69, 9.17) is 0 Å². The third kappa shape index (κ3) is 5.13. The second-order valence-electron chi connectivity index (χ2n) is 6.42. The van der Waals surface area contributed by atoms with Crippen LogP contribution in [0.15, 0.2) is 48.5 Å². The summed E-state index contributed by atoms with van der Waals surface area (Å²) in [6.45, 7) is 2.35. The number of nitrogens with zero attached hydrogens (tertiary/aromatic N) is 1. The Hall–Kier alpha value is -2.73. The van der Waals surface area contributed by atoms with Crippen LogP contribution in [-0.2, 0) is 4.79 Å². The average molecular weight is 355 g/mol. The average Bonchev–Trinajstić information content (AvgIpc) is 2.64. The number of carbonyl (C=O) groups excluding carboxylic acids is 2. The lowest BCUT2D eigenvalue weighted by molar-refractivity contribution is -0.117. The first-order chi connectivity index (χ1) is 12.6. The molecule has 0 unspecified atom stereocenters. The molecular formula is C20H22FN3O2. The zero-order valence-corrected chi connectivity index (χ0v) is 14.5. The third-order valence-electron chi connectivity index (χ3n) is 4.35. The zero-order valence-electron chi connectivity index (χ0n) is 14.5. The number of hydrogen-bond donors (Lipinski definition) is 2. The van der Waals surface area contributed by atoms with Crippen LogP contribution in [0.4, 0.5) is 15.8 Å². The zero-order chi connectivity index (χ0) is 18.4. The molecule has 1 fully saturated rings. The first kappa shape index (κ1) is 18.1. The first-order valence-corrected chi connectivity index (χ1v) is 8.79. The van der Waals surface area contributed by atoms with Gasteiger partial charge in [-0.1, -0.05) is 6.42 Å². The minimum absolute atomic E-state index is 0.0324. The van der Waals surface area contributed by atoms with Crippen LogP contribution in [0.3, 0.4) is 0 Å². The highest BCUT2D eigenvalue weighted by atomic mass is 19.1. The largest absolute Gasteiger partial charge is 0.325 e. The van der Waals surface area contributed by atoms with Crippen LogP contribution in [0.2, 0.25) is 0 Å². The van der Waals surface area contributed by atoms with Crippen molar-refractivity contribution in [1.82, 2.24) is 4.90 Å². The van der Waals surface area contributed by atoms with E-state index in [0.717, 1.165) is 25.9 Å². The molecule has 2 aromatic carbocycles. The summed E-state index contributed by atoms with van der Waals surface area (Å²) in [5.74, 6) is -0.729.